The molecule has 1 unspecified atom stereocenters. The molecule has 2 fully saturated rings. The molecule has 122 valence electrons. The highest BCUT2D eigenvalue weighted by molar-refractivity contribution is 7.99. The number of carboxylic acids is 1. The van der Waals surface area contributed by atoms with E-state index in [0.717, 1.165) is 25.9 Å². The minimum absolute atomic E-state index is 0.00948. The quantitative estimate of drug-likeness (QED) is 0.907. The molecule has 23 heavy (non-hydrogen) atoms. The monoisotopic (exact) mass is 334 g/mol. The second kappa shape index (κ2) is 6.62. The van der Waals surface area contributed by atoms with Gasteiger partial charge >= 0.3 is 5.97 Å². The van der Waals surface area contributed by atoms with Crippen LogP contribution in [0.2, 0.25) is 0 Å². The number of likely N-dealkylation sites (tertiary alicyclic amines) is 1. The zero-order valence-electron chi connectivity index (χ0n) is 12.6. The summed E-state index contributed by atoms with van der Waals surface area (Å²) in [5, 5.41) is 9.05. The third kappa shape index (κ3) is 3.19. The maximum atomic E-state index is 12.7. The Hall–Kier alpha value is -2.02. The van der Waals surface area contributed by atoms with Gasteiger partial charge in [0.2, 0.25) is 5.91 Å². The van der Waals surface area contributed by atoms with Gasteiger partial charge < -0.3 is 14.9 Å². The lowest BCUT2D eigenvalue weighted by molar-refractivity contribution is -0.133. The van der Waals surface area contributed by atoms with Gasteiger partial charge in [0.1, 0.15) is 6.04 Å². The third-order valence-electron chi connectivity index (χ3n) is 4.20. The molecule has 1 atom stereocenters. The predicted molar refractivity (Wildman–Crippen MR) is 86.5 cm³/mol. The second-order valence-electron chi connectivity index (χ2n) is 5.71. The van der Waals surface area contributed by atoms with Crippen LogP contribution in [0.15, 0.2) is 24.3 Å². The topological polar surface area (TPSA) is 77.9 Å². The molecule has 2 aliphatic heterocycles. The number of carbonyl (C=O) groups is 3. The van der Waals surface area contributed by atoms with Gasteiger partial charge in [0.25, 0.3) is 5.91 Å². The van der Waals surface area contributed by atoms with Crippen molar-refractivity contribution in [2.45, 2.75) is 18.9 Å². The van der Waals surface area contributed by atoms with E-state index >= 15 is 0 Å². The molecule has 1 N–H and O–H groups in total. The zero-order chi connectivity index (χ0) is 16.4. The Morgan fingerprint density at radius 2 is 1.83 bits per heavy atom. The Morgan fingerprint density at radius 3 is 2.52 bits per heavy atom. The molecule has 0 aromatic heterocycles. The van der Waals surface area contributed by atoms with Gasteiger partial charge in [0.15, 0.2) is 0 Å². The maximum Gasteiger partial charge on any atom is 0.335 e. The van der Waals surface area contributed by atoms with Crippen molar-refractivity contribution in [3.63, 3.8) is 0 Å². The summed E-state index contributed by atoms with van der Waals surface area (Å²) in [6, 6.07) is 5.52. The van der Waals surface area contributed by atoms with Crippen LogP contribution in [0.1, 0.15) is 33.6 Å². The standard InChI is InChI=1S/C16H18N2O4S/c19-14(11-4-3-5-12(8-11)16(21)22)18-10-23-9-13(18)15(20)17-6-1-2-7-17/h3-5,8,13H,1-2,6-7,9-10H2,(H,21,22). The summed E-state index contributed by atoms with van der Waals surface area (Å²) in [7, 11) is 0. The molecule has 7 heteroatoms. The van der Waals surface area contributed by atoms with Crippen LogP contribution >= 0.6 is 11.8 Å². The van der Waals surface area contributed by atoms with Crippen molar-refractivity contribution in [3.05, 3.63) is 35.4 Å². The molecule has 2 aliphatic rings. The van der Waals surface area contributed by atoms with Crippen molar-refractivity contribution >= 4 is 29.5 Å². The maximum absolute atomic E-state index is 12.7. The number of hydrogen-bond donors (Lipinski definition) is 1. The van der Waals surface area contributed by atoms with E-state index in [0.29, 0.717) is 17.2 Å². The highest BCUT2D eigenvalue weighted by Gasteiger charge is 2.38. The molecule has 6 nitrogen and oxygen atoms in total. The minimum Gasteiger partial charge on any atom is -0.478 e. The number of benzene rings is 1. The van der Waals surface area contributed by atoms with Gasteiger partial charge in [-0.1, -0.05) is 6.07 Å². The first-order valence-corrected chi connectivity index (χ1v) is 8.74. The number of hydrogen-bond acceptors (Lipinski definition) is 4. The van der Waals surface area contributed by atoms with Crippen molar-refractivity contribution in [1.82, 2.24) is 9.80 Å². The molecule has 2 amide bonds. The van der Waals surface area contributed by atoms with Crippen LogP contribution in [0.5, 0.6) is 0 Å². The lowest BCUT2D eigenvalue weighted by Crippen LogP contribution is -2.48. The van der Waals surface area contributed by atoms with Crippen molar-refractivity contribution in [2.75, 3.05) is 24.7 Å². The van der Waals surface area contributed by atoms with Gasteiger partial charge in [-0.15, -0.1) is 11.8 Å². The van der Waals surface area contributed by atoms with Crippen molar-refractivity contribution in [2.24, 2.45) is 0 Å². The lowest BCUT2D eigenvalue weighted by atomic mass is 10.1. The Kier molecular flexibility index (Phi) is 4.56. The first-order valence-electron chi connectivity index (χ1n) is 7.59. The van der Waals surface area contributed by atoms with E-state index in [9.17, 15) is 14.4 Å². The van der Waals surface area contributed by atoms with Crippen molar-refractivity contribution in [3.8, 4) is 0 Å². The summed E-state index contributed by atoms with van der Waals surface area (Å²) < 4.78 is 0. The van der Waals surface area contributed by atoms with Crippen LogP contribution in [0, 0.1) is 0 Å². The van der Waals surface area contributed by atoms with E-state index in [1.807, 2.05) is 4.90 Å². The predicted octanol–water partition coefficient (Wildman–Crippen LogP) is 1.52. The average molecular weight is 334 g/mol. The zero-order valence-corrected chi connectivity index (χ0v) is 13.4. The van der Waals surface area contributed by atoms with Gasteiger partial charge in [-0.25, -0.2) is 4.79 Å². The van der Waals surface area contributed by atoms with Crippen LogP contribution < -0.4 is 0 Å². The molecule has 3 rings (SSSR count). The molecule has 2 saturated heterocycles. The molecule has 0 bridgehead atoms. The Bertz CT molecular complexity index is 643. The highest BCUT2D eigenvalue weighted by atomic mass is 32.2. The van der Waals surface area contributed by atoms with Crippen LogP contribution in [0.4, 0.5) is 0 Å². The number of thioether (sulfide) groups is 1. The Balaban J connectivity index is 1.79. The minimum atomic E-state index is -1.07. The van der Waals surface area contributed by atoms with E-state index < -0.39 is 12.0 Å². The first-order chi connectivity index (χ1) is 11.1. The summed E-state index contributed by atoms with van der Waals surface area (Å²) in [5.41, 5.74) is 0.386. The first kappa shape index (κ1) is 15.9. The van der Waals surface area contributed by atoms with E-state index in [2.05, 4.69) is 0 Å². The molecular weight excluding hydrogens is 316 g/mol. The van der Waals surface area contributed by atoms with Crippen LogP contribution in [-0.4, -0.2) is 63.5 Å². The summed E-state index contributed by atoms with van der Waals surface area (Å²) in [6.45, 7) is 1.52. The molecule has 1 aromatic carbocycles. The van der Waals surface area contributed by atoms with E-state index in [1.165, 1.54) is 12.1 Å². The Morgan fingerprint density at radius 1 is 1.13 bits per heavy atom. The van der Waals surface area contributed by atoms with Crippen molar-refractivity contribution in [1.29, 1.82) is 0 Å². The smallest absolute Gasteiger partial charge is 0.335 e. The normalized spacial score (nSPS) is 20.8. The molecule has 0 radical (unpaired) electrons. The highest BCUT2D eigenvalue weighted by Crippen LogP contribution is 2.26. The fourth-order valence-electron chi connectivity index (χ4n) is 2.95. The van der Waals surface area contributed by atoms with Gasteiger partial charge in [-0.3, -0.25) is 9.59 Å². The summed E-state index contributed by atoms with van der Waals surface area (Å²) in [6.07, 6.45) is 2.03. The van der Waals surface area contributed by atoms with Gasteiger partial charge in [0.05, 0.1) is 11.4 Å². The van der Waals surface area contributed by atoms with E-state index in [4.69, 9.17) is 5.11 Å². The molecule has 1 aromatic rings. The number of carbonyl (C=O) groups excluding carboxylic acids is 2. The number of amides is 2. The lowest BCUT2D eigenvalue weighted by Gasteiger charge is -2.27. The number of nitrogens with zero attached hydrogens (tertiary/aromatic N) is 2. The van der Waals surface area contributed by atoms with Gasteiger partial charge in [0, 0.05) is 24.4 Å². The number of aromatic carboxylic acids is 1. The molecule has 0 spiro atoms. The second-order valence-corrected chi connectivity index (χ2v) is 6.71. The molecule has 2 heterocycles. The number of rotatable bonds is 3. The van der Waals surface area contributed by atoms with Crippen LogP contribution in [-0.2, 0) is 4.79 Å². The fourth-order valence-corrected chi connectivity index (χ4v) is 4.09. The summed E-state index contributed by atoms with van der Waals surface area (Å²) in [4.78, 5) is 39.7. The largest absolute Gasteiger partial charge is 0.478 e. The Labute approximate surface area is 138 Å². The SMILES string of the molecule is O=C(O)c1cccc(C(=O)N2CSCC2C(=O)N2CCCC2)c1. The number of carboxylic acid groups (broad SMARTS) is 1. The van der Waals surface area contributed by atoms with Crippen LogP contribution in [0.25, 0.3) is 0 Å². The van der Waals surface area contributed by atoms with Crippen LogP contribution in [0.3, 0.4) is 0 Å². The summed E-state index contributed by atoms with van der Waals surface area (Å²) in [5.74, 6) is -0.286. The molecule has 0 saturated carbocycles. The molecular formula is C16H18N2O4S. The third-order valence-corrected chi connectivity index (χ3v) is 5.21. The average Bonchev–Trinajstić information content (AvgIpc) is 3.25. The summed E-state index contributed by atoms with van der Waals surface area (Å²) >= 11 is 1.55. The fraction of sp³-hybridized carbons (Fsp3) is 0.438. The van der Waals surface area contributed by atoms with E-state index in [-0.39, 0.29) is 17.4 Å². The molecule has 0 aliphatic carbocycles. The van der Waals surface area contributed by atoms with Gasteiger partial charge in [-0.05, 0) is 31.0 Å². The van der Waals surface area contributed by atoms with E-state index in [1.54, 1.807) is 28.8 Å². The van der Waals surface area contributed by atoms with Gasteiger partial charge in [-0.2, -0.15) is 0 Å². The van der Waals surface area contributed by atoms with Crippen molar-refractivity contribution < 1.29 is 19.5 Å².